The molecule has 7 heteroatoms. The van der Waals surface area contributed by atoms with E-state index in [0.717, 1.165) is 29.2 Å². The molecule has 0 aromatic carbocycles. The summed E-state index contributed by atoms with van der Waals surface area (Å²) in [5.74, 6) is 1.05. The highest BCUT2D eigenvalue weighted by Crippen LogP contribution is 2.22. The average Bonchev–Trinajstić information content (AvgIpc) is 3.07. The molecule has 0 aliphatic carbocycles. The van der Waals surface area contributed by atoms with Crippen molar-refractivity contribution < 1.29 is 9.53 Å². The maximum absolute atomic E-state index is 12.6. The van der Waals surface area contributed by atoms with Crippen molar-refractivity contribution in [1.29, 1.82) is 0 Å². The van der Waals surface area contributed by atoms with E-state index in [1.807, 2.05) is 54.5 Å². The Bertz CT molecular complexity index is 733. The number of nitrogens with zero attached hydrogens (tertiary/aromatic N) is 5. The average molecular weight is 331 g/mol. The minimum Gasteiger partial charge on any atom is -0.367 e. The summed E-state index contributed by atoms with van der Waals surface area (Å²) < 4.78 is 9.65. The smallest absolute Gasteiger partial charge is 0.223 e. The molecule has 0 bridgehead atoms. The van der Waals surface area contributed by atoms with Crippen LogP contribution in [0.15, 0.2) is 12.4 Å². The van der Waals surface area contributed by atoms with Gasteiger partial charge < -0.3 is 14.2 Å². The van der Waals surface area contributed by atoms with Crippen LogP contribution in [0.25, 0.3) is 0 Å². The summed E-state index contributed by atoms with van der Waals surface area (Å²) in [6.07, 6.45) is 4.90. The number of morpholine rings is 1. The number of ether oxygens (including phenoxy) is 1. The summed E-state index contributed by atoms with van der Waals surface area (Å²) in [5, 5.41) is 4.23. The van der Waals surface area contributed by atoms with Crippen molar-refractivity contribution in [3.63, 3.8) is 0 Å². The maximum atomic E-state index is 12.6. The van der Waals surface area contributed by atoms with Crippen LogP contribution in [0.2, 0.25) is 0 Å². The van der Waals surface area contributed by atoms with Crippen LogP contribution in [0.1, 0.15) is 35.3 Å². The normalized spacial score (nSPS) is 18.2. The molecule has 1 amide bonds. The van der Waals surface area contributed by atoms with Gasteiger partial charge in [0.15, 0.2) is 0 Å². The second-order valence-corrected chi connectivity index (χ2v) is 6.43. The SMILES string of the molecule is Cc1cn(C)c(C2CN(C(=O)CCc3cnn(C)c3C)CCO2)n1. The zero-order valence-corrected chi connectivity index (χ0v) is 14.8. The summed E-state index contributed by atoms with van der Waals surface area (Å²) >= 11 is 0. The highest BCUT2D eigenvalue weighted by molar-refractivity contribution is 5.76. The fraction of sp³-hybridized carbons (Fsp3) is 0.588. The monoisotopic (exact) mass is 331 g/mol. The van der Waals surface area contributed by atoms with Crippen molar-refractivity contribution >= 4 is 5.91 Å². The molecule has 1 aliphatic heterocycles. The van der Waals surface area contributed by atoms with Crippen LogP contribution < -0.4 is 0 Å². The Morgan fingerprint density at radius 3 is 2.79 bits per heavy atom. The third kappa shape index (κ3) is 3.36. The van der Waals surface area contributed by atoms with E-state index in [2.05, 4.69) is 10.1 Å². The molecule has 1 atom stereocenters. The first-order valence-corrected chi connectivity index (χ1v) is 8.32. The molecule has 0 saturated carbocycles. The van der Waals surface area contributed by atoms with Crippen molar-refractivity contribution in [2.75, 3.05) is 19.7 Å². The topological polar surface area (TPSA) is 65.2 Å². The Balaban J connectivity index is 1.61. The lowest BCUT2D eigenvalue weighted by atomic mass is 10.1. The van der Waals surface area contributed by atoms with Crippen molar-refractivity contribution in [1.82, 2.24) is 24.2 Å². The molecular formula is C17H25N5O2. The predicted octanol–water partition coefficient (Wildman–Crippen LogP) is 1.30. The molecule has 0 spiro atoms. The van der Waals surface area contributed by atoms with Gasteiger partial charge in [-0.15, -0.1) is 0 Å². The minimum atomic E-state index is -0.151. The Morgan fingerprint density at radius 1 is 1.38 bits per heavy atom. The number of hydrogen-bond donors (Lipinski definition) is 0. The molecule has 3 rings (SSSR count). The van der Waals surface area contributed by atoms with Gasteiger partial charge in [0, 0.05) is 39.0 Å². The summed E-state index contributed by atoms with van der Waals surface area (Å²) in [4.78, 5) is 19.0. The van der Waals surface area contributed by atoms with Gasteiger partial charge in [-0.3, -0.25) is 9.48 Å². The zero-order valence-electron chi connectivity index (χ0n) is 14.8. The molecule has 130 valence electrons. The molecular weight excluding hydrogens is 306 g/mol. The largest absolute Gasteiger partial charge is 0.367 e. The van der Waals surface area contributed by atoms with E-state index in [-0.39, 0.29) is 12.0 Å². The molecule has 1 fully saturated rings. The number of rotatable bonds is 4. The van der Waals surface area contributed by atoms with E-state index in [1.54, 1.807) is 0 Å². The fourth-order valence-corrected chi connectivity index (χ4v) is 3.16. The van der Waals surface area contributed by atoms with Crippen molar-refractivity contribution in [2.45, 2.75) is 32.8 Å². The lowest BCUT2D eigenvalue weighted by Gasteiger charge is -2.32. The first-order valence-electron chi connectivity index (χ1n) is 8.32. The van der Waals surface area contributed by atoms with Crippen LogP contribution in [0.5, 0.6) is 0 Å². The third-order valence-electron chi connectivity index (χ3n) is 4.69. The van der Waals surface area contributed by atoms with Gasteiger partial charge in [-0.25, -0.2) is 4.98 Å². The van der Waals surface area contributed by atoms with E-state index in [9.17, 15) is 4.79 Å². The second kappa shape index (κ2) is 6.76. The summed E-state index contributed by atoms with van der Waals surface area (Å²) in [5.41, 5.74) is 3.22. The standard InChI is InChI=1S/C17H25N5O2/c1-12-10-20(3)17(19-12)15-11-22(7-8-24-15)16(23)6-5-14-9-18-21(4)13(14)2/h9-10,15H,5-8,11H2,1-4H3. The number of amides is 1. The fourth-order valence-electron chi connectivity index (χ4n) is 3.16. The Labute approximate surface area is 142 Å². The molecule has 0 radical (unpaired) electrons. The number of carbonyl (C=O) groups excluding carboxylic acids is 1. The third-order valence-corrected chi connectivity index (χ3v) is 4.69. The van der Waals surface area contributed by atoms with Gasteiger partial charge in [0.05, 0.1) is 25.0 Å². The first-order chi connectivity index (χ1) is 11.5. The van der Waals surface area contributed by atoms with Crippen molar-refractivity contribution in [3.8, 4) is 0 Å². The van der Waals surface area contributed by atoms with Crippen LogP contribution in [0.4, 0.5) is 0 Å². The molecule has 0 N–H and O–H groups in total. The number of imidazole rings is 1. The van der Waals surface area contributed by atoms with Crippen LogP contribution in [0.3, 0.4) is 0 Å². The number of hydrogen-bond acceptors (Lipinski definition) is 4. The van der Waals surface area contributed by atoms with E-state index < -0.39 is 0 Å². The highest BCUT2D eigenvalue weighted by Gasteiger charge is 2.28. The van der Waals surface area contributed by atoms with Crippen molar-refractivity contribution in [3.05, 3.63) is 35.2 Å². The molecule has 1 aliphatic rings. The quantitative estimate of drug-likeness (QED) is 0.847. The molecule has 7 nitrogen and oxygen atoms in total. The molecule has 2 aromatic rings. The molecule has 3 heterocycles. The van der Waals surface area contributed by atoms with E-state index in [0.29, 0.717) is 26.1 Å². The number of aryl methyl sites for hydroxylation is 4. The van der Waals surface area contributed by atoms with Gasteiger partial charge in [0.25, 0.3) is 0 Å². The first kappa shape index (κ1) is 16.7. The van der Waals surface area contributed by atoms with Gasteiger partial charge in [-0.05, 0) is 25.8 Å². The van der Waals surface area contributed by atoms with Gasteiger partial charge in [-0.1, -0.05) is 0 Å². The van der Waals surface area contributed by atoms with Crippen LogP contribution >= 0.6 is 0 Å². The molecule has 1 saturated heterocycles. The van der Waals surface area contributed by atoms with Gasteiger partial charge in [0.2, 0.25) is 5.91 Å². The summed E-state index contributed by atoms with van der Waals surface area (Å²) in [6.45, 7) is 5.75. The summed E-state index contributed by atoms with van der Waals surface area (Å²) in [7, 11) is 3.88. The van der Waals surface area contributed by atoms with E-state index >= 15 is 0 Å². The number of aromatic nitrogens is 4. The Kier molecular flexibility index (Phi) is 4.71. The molecule has 2 aromatic heterocycles. The minimum absolute atomic E-state index is 0.151. The summed E-state index contributed by atoms with van der Waals surface area (Å²) in [6, 6.07) is 0. The second-order valence-electron chi connectivity index (χ2n) is 6.43. The Morgan fingerprint density at radius 2 is 2.17 bits per heavy atom. The van der Waals surface area contributed by atoms with Gasteiger partial charge in [0.1, 0.15) is 11.9 Å². The van der Waals surface area contributed by atoms with Crippen LogP contribution in [-0.2, 0) is 30.0 Å². The maximum Gasteiger partial charge on any atom is 0.223 e. The zero-order chi connectivity index (χ0) is 17.3. The number of carbonyl (C=O) groups is 1. The molecule has 1 unspecified atom stereocenters. The van der Waals surface area contributed by atoms with Crippen LogP contribution in [-0.4, -0.2) is 49.8 Å². The van der Waals surface area contributed by atoms with E-state index in [1.165, 1.54) is 0 Å². The lowest BCUT2D eigenvalue weighted by Crippen LogP contribution is -2.43. The predicted molar refractivity (Wildman–Crippen MR) is 89.5 cm³/mol. The van der Waals surface area contributed by atoms with E-state index in [4.69, 9.17) is 4.74 Å². The highest BCUT2D eigenvalue weighted by atomic mass is 16.5. The Hall–Kier alpha value is -2.15. The van der Waals surface area contributed by atoms with Crippen LogP contribution in [0, 0.1) is 13.8 Å². The van der Waals surface area contributed by atoms with Gasteiger partial charge in [-0.2, -0.15) is 5.10 Å². The molecule has 24 heavy (non-hydrogen) atoms. The van der Waals surface area contributed by atoms with Gasteiger partial charge >= 0.3 is 0 Å². The van der Waals surface area contributed by atoms with Crippen molar-refractivity contribution in [2.24, 2.45) is 14.1 Å². The lowest BCUT2D eigenvalue weighted by molar-refractivity contribution is -0.139.